The number of aliphatic hydroxyl groups is 1. The third-order valence-electron chi connectivity index (χ3n) is 4.69. The predicted molar refractivity (Wildman–Crippen MR) is 104 cm³/mol. The fraction of sp³-hybridized carbons (Fsp3) is 0.400. The molecule has 0 saturated carbocycles. The number of carbonyl (C=O) groups excluding carboxylic acids is 1. The zero-order valence-electron chi connectivity index (χ0n) is 16.2. The maximum atomic E-state index is 14.4. The predicted octanol–water partition coefficient (Wildman–Crippen LogP) is 2.61. The van der Waals surface area contributed by atoms with Crippen LogP contribution in [0.25, 0.3) is 0 Å². The van der Waals surface area contributed by atoms with Crippen LogP contribution in [0.5, 0.6) is 0 Å². The summed E-state index contributed by atoms with van der Waals surface area (Å²) >= 11 is 0. The quantitative estimate of drug-likeness (QED) is 0.453. The highest BCUT2D eigenvalue weighted by atomic mass is 19.3. The van der Waals surface area contributed by atoms with Gasteiger partial charge in [0.25, 0.3) is 0 Å². The number of aliphatic hydroxyl groups excluding tert-OH is 1. The summed E-state index contributed by atoms with van der Waals surface area (Å²) < 4.78 is 33.8. The Morgan fingerprint density at radius 2 is 2.13 bits per heavy atom. The third kappa shape index (κ3) is 5.47. The standard InChI is InChI=1S/C20H23F2N5O3/c21-20(22,15-8-4-3-5-9-15)17(28)12-11-16-14-30-19(29)27(16)13-7-2-1-6-10-18-23-25-26-24-18/h2-5,7-9,11-12,16-17,28H,1,6,10,13-14H2,(H,23,24,25,26)/b7-2+,12-11+. The van der Waals surface area contributed by atoms with E-state index in [-0.39, 0.29) is 18.7 Å². The lowest BCUT2D eigenvalue weighted by Gasteiger charge is -2.21. The molecule has 10 heteroatoms. The Bertz CT molecular complexity index is 859. The number of aromatic amines is 1. The Hall–Kier alpha value is -3.14. The molecule has 0 bridgehead atoms. The van der Waals surface area contributed by atoms with E-state index < -0.39 is 24.2 Å². The lowest BCUT2D eigenvalue weighted by Crippen LogP contribution is -2.33. The Morgan fingerprint density at radius 3 is 2.87 bits per heavy atom. The molecule has 160 valence electrons. The van der Waals surface area contributed by atoms with E-state index in [0.29, 0.717) is 12.2 Å². The number of allylic oxidation sites excluding steroid dienone is 1. The molecule has 30 heavy (non-hydrogen) atoms. The van der Waals surface area contributed by atoms with Gasteiger partial charge in [-0.3, -0.25) is 4.90 Å². The van der Waals surface area contributed by atoms with Gasteiger partial charge in [-0.15, -0.1) is 10.2 Å². The first-order valence-electron chi connectivity index (χ1n) is 9.59. The number of ether oxygens (including phenoxy) is 1. The summed E-state index contributed by atoms with van der Waals surface area (Å²) in [6.45, 7) is 0.325. The minimum atomic E-state index is -3.44. The minimum Gasteiger partial charge on any atom is -0.447 e. The maximum Gasteiger partial charge on any atom is 0.410 e. The number of amides is 1. The van der Waals surface area contributed by atoms with Crippen molar-refractivity contribution >= 4 is 6.09 Å². The van der Waals surface area contributed by atoms with Gasteiger partial charge in [0.2, 0.25) is 0 Å². The van der Waals surface area contributed by atoms with Crippen LogP contribution in [-0.2, 0) is 17.1 Å². The number of nitrogens with zero attached hydrogens (tertiary/aromatic N) is 4. The van der Waals surface area contributed by atoms with Gasteiger partial charge >= 0.3 is 12.0 Å². The lowest BCUT2D eigenvalue weighted by molar-refractivity contribution is -0.0929. The molecule has 1 aromatic carbocycles. The Labute approximate surface area is 172 Å². The highest BCUT2D eigenvalue weighted by molar-refractivity contribution is 5.70. The van der Waals surface area contributed by atoms with E-state index in [1.807, 2.05) is 12.2 Å². The molecule has 3 rings (SSSR count). The summed E-state index contributed by atoms with van der Waals surface area (Å²) in [5.41, 5.74) is -0.276. The first-order chi connectivity index (χ1) is 14.5. The number of nitrogens with one attached hydrogen (secondary N) is 1. The number of halogens is 2. The molecule has 0 aliphatic carbocycles. The Balaban J connectivity index is 1.50. The molecule has 1 aliphatic rings. The summed E-state index contributed by atoms with van der Waals surface area (Å²) in [7, 11) is 0. The molecule has 1 amide bonds. The number of aromatic nitrogens is 4. The van der Waals surface area contributed by atoms with Crippen molar-refractivity contribution in [2.45, 2.75) is 37.3 Å². The first-order valence-corrected chi connectivity index (χ1v) is 9.59. The number of benzene rings is 1. The first kappa shape index (κ1) is 21.6. The van der Waals surface area contributed by atoms with E-state index in [9.17, 15) is 18.7 Å². The Morgan fingerprint density at radius 1 is 1.33 bits per heavy atom. The van der Waals surface area contributed by atoms with Crippen LogP contribution in [0, 0.1) is 0 Å². The van der Waals surface area contributed by atoms with E-state index >= 15 is 0 Å². The van der Waals surface area contributed by atoms with E-state index in [2.05, 4.69) is 20.6 Å². The van der Waals surface area contributed by atoms with Crippen molar-refractivity contribution in [3.8, 4) is 0 Å². The fourth-order valence-corrected chi connectivity index (χ4v) is 2.99. The number of carbonyl (C=O) groups is 1. The molecule has 0 radical (unpaired) electrons. The fourth-order valence-electron chi connectivity index (χ4n) is 2.99. The zero-order chi connectivity index (χ0) is 21.4. The molecule has 1 aromatic heterocycles. The van der Waals surface area contributed by atoms with E-state index in [4.69, 9.17) is 4.74 Å². The number of alkyl halides is 2. The van der Waals surface area contributed by atoms with Crippen LogP contribution in [-0.4, -0.2) is 62.0 Å². The van der Waals surface area contributed by atoms with Crippen LogP contribution in [0.15, 0.2) is 54.6 Å². The van der Waals surface area contributed by atoms with Crippen LogP contribution in [0.3, 0.4) is 0 Å². The number of rotatable bonds is 10. The van der Waals surface area contributed by atoms with E-state index in [1.165, 1.54) is 35.2 Å². The van der Waals surface area contributed by atoms with Crippen molar-refractivity contribution in [1.29, 1.82) is 0 Å². The number of hydrogen-bond donors (Lipinski definition) is 2. The molecule has 2 aromatic rings. The molecule has 2 N–H and O–H groups in total. The monoisotopic (exact) mass is 419 g/mol. The molecule has 0 spiro atoms. The molecule has 2 unspecified atom stereocenters. The van der Waals surface area contributed by atoms with Gasteiger partial charge in [-0.2, -0.15) is 14.0 Å². The van der Waals surface area contributed by atoms with Gasteiger partial charge < -0.3 is 9.84 Å². The smallest absolute Gasteiger partial charge is 0.410 e. The van der Waals surface area contributed by atoms with Crippen LogP contribution < -0.4 is 0 Å². The van der Waals surface area contributed by atoms with Crippen molar-refractivity contribution in [3.05, 3.63) is 66.0 Å². The zero-order valence-corrected chi connectivity index (χ0v) is 16.2. The SMILES string of the molecule is O=C1OCC(/C=C/C(O)C(F)(F)c2ccccc2)N1C/C=C/CCCc1nn[nH]n1. The minimum absolute atomic E-state index is 0.0463. The molecule has 8 nitrogen and oxygen atoms in total. The van der Waals surface area contributed by atoms with Crippen LogP contribution in [0.4, 0.5) is 13.6 Å². The number of hydrogen-bond acceptors (Lipinski definition) is 6. The molecule has 2 heterocycles. The molecular weight excluding hydrogens is 396 g/mol. The van der Waals surface area contributed by atoms with Crippen LogP contribution in [0.2, 0.25) is 0 Å². The normalized spacial score (nSPS) is 18.4. The van der Waals surface area contributed by atoms with Crippen molar-refractivity contribution in [2.75, 3.05) is 13.2 Å². The molecule has 2 atom stereocenters. The van der Waals surface area contributed by atoms with Gasteiger partial charge in [-0.05, 0) is 12.8 Å². The largest absolute Gasteiger partial charge is 0.447 e. The van der Waals surface area contributed by atoms with Gasteiger partial charge in [0, 0.05) is 18.5 Å². The van der Waals surface area contributed by atoms with Gasteiger partial charge in [0.1, 0.15) is 12.7 Å². The van der Waals surface area contributed by atoms with Crippen molar-refractivity contribution < 1.29 is 23.4 Å². The lowest BCUT2D eigenvalue weighted by atomic mass is 10.0. The van der Waals surface area contributed by atoms with E-state index in [1.54, 1.807) is 6.07 Å². The molecule has 1 aliphatic heterocycles. The van der Waals surface area contributed by atoms with Gasteiger partial charge in [0.15, 0.2) is 5.82 Å². The molecule has 1 fully saturated rings. The molecule has 1 saturated heterocycles. The van der Waals surface area contributed by atoms with Gasteiger partial charge in [-0.25, -0.2) is 4.79 Å². The number of cyclic esters (lactones) is 1. The van der Waals surface area contributed by atoms with Crippen molar-refractivity contribution in [2.24, 2.45) is 0 Å². The van der Waals surface area contributed by atoms with Gasteiger partial charge in [0.05, 0.1) is 6.04 Å². The summed E-state index contributed by atoms with van der Waals surface area (Å²) in [5, 5.41) is 23.6. The average molecular weight is 419 g/mol. The maximum absolute atomic E-state index is 14.4. The van der Waals surface area contributed by atoms with Crippen molar-refractivity contribution in [3.63, 3.8) is 0 Å². The number of aryl methyl sites for hydroxylation is 1. The average Bonchev–Trinajstić information content (AvgIpc) is 3.39. The van der Waals surface area contributed by atoms with Crippen LogP contribution >= 0.6 is 0 Å². The highest BCUT2D eigenvalue weighted by Crippen LogP contribution is 2.32. The molecular formula is C20H23F2N5O3. The van der Waals surface area contributed by atoms with Gasteiger partial charge in [-0.1, -0.05) is 59.8 Å². The third-order valence-corrected chi connectivity index (χ3v) is 4.69. The topological polar surface area (TPSA) is 104 Å². The summed E-state index contributed by atoms with van der Waals surface area (Å²) in [4.78, 5) is 13.3. The second-order valence-electron chi connectivity index (χ2n) is 6.81. The van der Waals surface area contributed by atoms with Crippen LogP contribution in [0.1, 0.15) is 24.2 Å². The van der Waals surface area contributed by atoms with Crippen molar-refractivity contribution in [1.82, 2.24) is 25.5 Å². The van der Waals surface area contributed by atoms with E-state index in [0.717, 1.165) is 18.9 Å². The second-order valence-corrected chi connectivity index (χ2v) is 6.81. The number of H-pyrrole nitrogens is 1. The second kappa shape index (κ2) is 10.1. The highest BCUT2D eigenvalue weighted by Gasteiger charge is 2.39. The summed E-state index contributed by atoms with van der Waals surface area (Å²) in [6, 6.07) is 6.59. The number of tetrazole rings is 1. The number of unbranched alkanes of at least 4 members (excludes halogenated alkanes) is 1. The summed E-state index contributed by atoms with van der Waals surface area (Å²) in [6.07, 6.45) is 5.88. The summed E-state index contributed by atoms with van der Waals surface area (Å²) in [5.74, 6) is -2.80. The Kier molecular flexibility index (Phi) is 7.23.